The summed E-state index contributed by atoms with van der Waals surface area (Å²) >= 11 is 22.8. The molecular weight excluding hydrogens is 327 g/mol. The molecule has 2 nitrogen and oxygen atoms in total. The first-order valence-corrected chi connectivity index (χ1v) is 6.67. The van der Waals surface area contributed by atoms with Gasteiger partial charge in [0, 0.05) is 11.6 Å². The van der Waals surface area contributed by atoms with Crippen LogP contribution in [0.1, 0.15) is 5.56 Å². The molecular formula is C13H7Cl3O2S. The van der Waals surface area contributed by atoms with E-state index in [0.29, 0.717) is 26.4 Å². The summed E-state index contributed by atoms with van der Waals surface area (Å²) in [5.41, 5.74) is 0.648. The van der Waals surface area contributed by atoms with Crippen LogP contribution in [0.3, 0.4) is 0 Å². The van der Waals surface area contributed by atoms with Crippen LogP contribution in [0.4, 0.5) is 0 Å². The molecule has 0 spiro atoms. The van der Waals surface area contributed by atoms with E-state index in [1.165, 1.54) is 24.3 Å². The van der Waals surface area contributed by atoms with Crippen LogP contribution < -0.4 is 4.74 Å². The van der Waals surface area contributed by atoms with Gasteiger partial charge in [0.05, 0.1) is 15.1 Å². The van der Waals surface area contributed by atoms with Crippen molar-refractivity contribution >= 4 is 52.1 Å². The quantitative estimate of drug-likeness (QED) is 0.612. The first-order chi connectivity index (χ1) is 8.97. The van der Waals surface area contributed by atoms with Gasteiger partial charge in [-0.15, -0.1) is 0 Å². The molecule has 0 radical (unpaired) electrons. The zero-order valence-corrected chi connectivity index (χ0v) is 12.4. The third-order valence-corrected chi connectivity index (χ3v) is 3.62. The Morgan fingerprint density at radius 2 is 1.53 bits per heavy atom. The van der Waals surface area contributed by atoms with Crippen LogP contribution in [0.5, 0.6) is 11.5 Å². The number of phenols is 1. The number of aromatic hydroxyl groups is 1. The highest BCUT2D eigenvalue weighted by atomic mass is 35.5. The lowest BCUT2D eigenvalue weighted by atomic mass is 10.2. The molecule has 0 aromatic heterocycles. The van der Waals surface area contributed by atoms with Crippen LogP contribution in [-0.4, -0.2) is 10.2 Å². The Kier molecular flexibility index (Phi) is 4.53. The van der Waals surface area contributed by atoms with Crippen molar-refractivity contribution in [3.63, 3.8) is 0 Å². The Bertz CT molecular complexity index is 627. The molecule has 0 unspecified atom stereocenters. The zero-order valence-electron chi connectivity index (χ0n) is 9.36. The van der Waals surface area contributed by atoms with Gasteiger partial charge in [-0.05, 0) is 42.5 Å². The Morgan fingerprint density at radius 3 is 2.16 bits per heavy atom. The Morgan fingerprint density at radius 1 is 0.947 bits per heavy atom. The van der Waals surface area contributed by atoms with Gasteiger partial charge in [-0.25, -0.2) is 0 Å². The molecule has 98 valence electrons. The smallest absolute Gasteiger partial charge is 0.198 e. The number of ether oxygens (including phenoxy) is 1. The molecule has 0 saturated carbocycles. The van der Waals surface area contributed by atoms with Crippen LogP contribution in [0, 0.1) is 0 Å². The fraction of sp³-hybridized carbons (Fsp3) is 0. The summed E-state index contributed by atoms with van der Waals surface area (Å²) in [6, 6.07) is 9.30. The van der Waals surface area contributed by atoms with Crippen molar-refractivity contribution < 1.29 is 9.84 Å². The van der Waals surface area contributed by atoms with Gasteiger partial charge in [-0.2, -0.15) is 0 Å². The van der Waals surface area contributed by atoms with Gasteiger partial charge in [0.15, 0.2) is 5.05 Å². The van der Waals surface area contributed by atoms with Crippen molar-refractivity contribution in [3.05, 3.63) is 57.0 Å². The van der Waals surface area contributed by atoms with E-state index in [9.17, 15) is 5.11 Å². The first kappa shape index (κ1) is 14.4. The number of halogens is 3. The van der Waals surface area contributed by atoms with Gasteiger partial charge < -0.3 is 9.84 Å². The minimum Gasteiger partial charge on any atom is -0.508 e. The van der Waals surface area contributed by atoms with Crippen molar-refractivity contribution in [1.82, 2.24) is 0 Å². The summed E-state index contributed by atoms with van der Waals surface area (Å²) in [6.07, 6.45) is 0. The maximum atomic E-state index is 9.20. The third-order valence-electron chi connectivity index (χ3n) is 2.28. The lowest BCUT2D eigenvalue weighted by Crippen LogP contribution is -2.07. The second kappa shape index (κ2) is 5.97. The van der Waals surface area contributed by atoms with Gasteiger partial charge in [0.1, 0.15) is 11.5 Å². The number of phenolic OH excluding ortho intramolecular Hbond substituents is 1. The number of thiocarbonyl (C=S) groups is 1. The van der Waals surface area contributed by atoms with Crippen molar-refractivity contribution in [3.8, 4) is 11.5 Å². The van der Waals surface area contributed by atoms with Crippen molar-refractivity contribution in [2.24, 2.45) is 0 Å². The summed E-state index contributed by atoms with van der Waals surface area (Å²) in [5.74, 6) is 0.480. The molecule has 6 heteroatoms. The average Bonchev–Trinajstić information content (AvgIpc) is 2.36. The summed E-state index contributed by atoms with van der Waals surface area (Å²) in [5, 5.41) is 10.4. The van der Waals surface area contributed by atoms with Gasteiger partial charge in [-0.1, -0.05) is 34.8 Å². The van der Waals surface area contributed by atoms with E-state index in [1.807, 2.05) is 0 Å². The van der Waals surface area contributed by atoms with E-state index in [-0.39, 0.29) is 10.8 Å². The maximum absolute atomic E-state index is 9.20. The molecule has 2 aromatic carbocycles. The second-order valence-corrected chi connectivity index (χ2v) is 5.23. The molecule has 0 saturated heterocycles. The molecule has 1 N–H and O–H groups in total. The van der Waals surface area contributed by atoms with Crippen LogP contribution in [0.25, 0.3) is 0 Å². The largest absolute Gasteiger partial charge is 0.508 e. The highest BCUT2D eigenvalue weighted by Gasteiger charge is 2.10. The molecule has 0 atom stereocenters. The van der Waals surface area contributed by atoms with E-state index in [2.05, 4.69) is 0 Å². The highest BCUT2D eigenvalue weighted by molar-refractivity contribution is 7.80. The van der Waals surface area contributed by atoms with Gasteiger partial charge in [0.2, 0.25) is 0 Å². The highest BCUT2D eigenvalue weighted by Crippen LogP contribution is 2.34. The standard InChI is InChI=1S/C13H7Cl3O2S/c14-9-5-11(16)12(6-10(9)15)18-13(19)7-1-3-8(17)4-2-7/h1-6,17H. The van der Waals surface area contributed by atoms with E-state index < -0.39 is 0 Å². The van der Waals surface area contributed by atoms with Crippen molar-refractivity contribution in [2.75, 3.05) is 0 Å². The van der Waals surface area contributed by atoms with Crippen LogP contribution >= 0.6 is 47.0 Å². The fourth-order valence-electron chi connectivity index (χ4n) is 1.34. The Hall–Kier alpha value is -1.00. The molecule has 19 heavy (non-hydrogen) atoms. The number of rotatable bonds is 2. The normalized spacial score (nSPS) is 10.3. The number of benzene rings is 2. The van der Waals surface area contributed by atoms with E-state index >= 15 is 0 Å². The maximum Gasteiger partial charge on any atom is 0.198 e. The number of hydrogen-bond acceptors (Lipinski definition) is 3. The topological polar surface area (TPSA) is 29.5 Å². The Balaban J connectivity index is 2.24. The minimum absolute atomic E-state index is 0.152. The molecule has 0 amide bonds. The molecule has 0 fully saturated rings. The summed E-state index contributed by atoms with van der Waals surface area (Å²) in [7, 11) is 0. The van der Waals surface area contributed by atoms with Crippen LogP contribution in [-0.2, 0) is 0 Å². The SMILES string of the molecule is Oc1ccc(C(=S)Oc2cc(Cl)c(Cl)cc2Cl)cc1. The molecule has 2 rings (SSSR count). The number of hydrogen-bond donors (Lipinski definition) is 1. The molecule has 0 bridgehead atoms. The van der Waals surface area contributed by atoms with Gasteiger partial charge in [-0.3, -0.25) is 0 Å². The summed E-state index contributed by atoms with van der Waals surface area (Å²) in [6.45, 7) is 0. The first-order valence-electron chi connectivity index (χ1n) is 5.13. The van der Waals surface area contributed by atoms with E-state index in [0.717, 1.165) is 0 Å². The zero-order chi connectivity index (χ0) is 14.0. The molecule has 0 aliphatic carbocycles. The molecule has 0 heterocycles. The minimum atomic E-state index is 0.152. The van der Waals surface area contributed by atoms with Crippen LogP contribution in [0.15, 0.2) is 36.4 Å². The monoisotopic (exact) mass is 332 g/mol. The van der Waals surface area contributed by atoms with E-state index in [1.54, 1.807) is 12.1 Å². The van der Waals surface area contributed by atoms with Crippen LogP contribution in [0.2, 0.25) is 15.1 Å². The average molecular weight is 334 g/mol. The fourth-order valence-corrected chi connectivity index (χ4v) is 2.14. The lowest BCUT2D eigenvalue weighted by molar-refractivity contribution is 0.475. The second-order valence-electron chi connectivity index (χ2n) is 3.63. The molecule has 0 aliphatic rings. The third kappa shape index (κ3) is 3.51. The lowest BCUT2D eigenvalue weighted by Gasteiger charge is -2.10. The predicted molar refractivity (Wildman–Crippen MR) is 81.9 cm³/mol. The Labute approximate surface area is 130 Å². The summed E-state index contributed by atoms with van der Waals surface area (Å²) in [4.78, 5) is 0. The van der Waals surface area contributed by atoms with E-state index in [4.69, 9.17) is 51.8 Å². The predicted octanol–water partition coefficient (Wildman–Crippen LogP) is 5.11. The molecule has 2 aromatic rings. The van der Waals surface area contributed by atoms with Gasteiger partial charge >= 0.3 is 0 Å². The summed E-state index contributed by atoms with van der Waals surface area (Å²) < 4.78 is 5.48. The van der Waals surface area contributed by atoms with Crippen molar-refractivity contribution in [2.45, 2.75) is 0 Å². The van der Waals surface area contributed by atoms with Gasteiger partial charge in [0.25, 0.3) is 0 Å². The molecule has 0 aliphatic heterocycles. The van der Waals surface area contributed by atoms with Crippen molar-refractivity contribution in [1.29, 1.82) is 0 Å².